The fraction of sp³-hybridized carbons (Fsp3) is 0.571. The minimum atomic E-state index is -1.62. The van der Waals surface area contributed by atoms with E-state index in [1.807, 2.05) is 0 Å². The van der Waals surface area contributed by atoms with Crippen molar-refractivity contribution in [1.82, 2.24) is 5.32 Å². The maximum Gasteiger partial charge on any atom is 0.514 e. The summed E-state index contributed by atoms with van der Waals surface area (Å²) in [5.74, 6) is 0. The minimum Gasteiger partial charge on any atom is -0.449 e. The van der Waals surface area contributed by atoms with Crippen LogP contribution in [0.25, 0.3) is 0 Å². The number of amides is 1. The Morgan fingerprint density at radius 3 is 2.31 bits per heavy atom. The molecule has 0 saturated carbocycles. The number of carbonyl (C=O) groups excluding carboxylic acids is 1. The normalized spacial score (nSPS) is 9.77. The van der Waals surface area contributed by atoms with Gasteiger partial charge in [-0.25, -0.2) is 9.59 Å². The zero-order valence-corrected chi connectivity index (χ0v) is 8.96. The molecule has 0 radical (unpaired) electrons. The average molecular weight is 281 g/mol. The second-order valence-corrected chi connectivity index (χ2v) is 2.91. The monoisotopic (exact) mass is 280 g/mol. The molecule has 0 heterocycles. The van der Waals surface area contributed by atoms with Crippen LogP contribution >= 0.6 is 0 Å². The molecule has 0 saturated heterocycles. The van der Waals surface area contributed by atoms with Gasteiger partial charge in [-0.15, -0.1) is 0 Å². The molecule has 0 aliphatic heterocycles. The predicted octanol–water partition coefficient (Wildman–Crippen LogP) is 1.39. The molecule has 1 amide bonds. The summed E-state index contributed by atoms with van der Waals surface area (Å²) in [6.45, 7) is 6.99. The van der Waals surface area contributed by atoms with Crippen LogP contribution < -0.4 is 5.32 Å². The molecule has 0 spiro atoms. The maximum atomic E-state index is 10.7. The summed E-state index contributed by atoms with van der Waals surface area (Å²) in [5, 5.41) is 10.4. The SMILES string of the molecule is [CH2-]CC(C)(C)NC(=O)OC(=O)O.[Pd]. The van der Waals surface area contributed by atoms with Crippen molar-refractivity contribution in [1.29, 1.82) is 0 Å². The van der Waals surface area contributed by atoms with Crippen molar-refractivity contribution in [3.8, 4) is 0 Å². The smallest absolute Gasteiger partial charge is 0.449 e. The fourth-order valence-electron chi connectivity index (χ4n) is 0.444. The first-order chi connectivity index (χ1) is 5.37. The van der Waals surface area contributed by atoms with Gasteiger partial charge < -0.3 is 22.1 Å². The Hall–Kier alpha value is -0.598. The predicted molar refractivity (Wildman–Crippen MR) is 41.7 cm³/mol. The van der Waals surface area contributed by atoms with E-state index in [-0.39, 0.29) is 20.4 Å². The third kappa shape index (κ3) is 7.75. The molecule has 0 aliphatic rings. The standard InChI is InChI=1S/C7H12NO4.Pd/c1-4-7(2,3)8-5(9)12-6(10)11;/h1,4H2,2-3H3,(H,8,9)(H,10,11);/q-1;. The summed E-state index contributed by atoms with van der Waals surface area (Å²) in [6, 6.07) is 0. The Labute approximate surface area is 90.5 Å². The summed E-state index contributed by atoms with van der Waals surface area (Å²) >= 11 is 0. The van der Waals surface area contributed by atoms with E-state index in [0.717, 1.165) is 0 Å². The van der Waals surface area contributed by atoms with Gasteiger partial charge in [-0.05, 0) is 13.8 Å². The molecule has 0 atom stereocenters. The topological polar surface area (TPSA) is 75.6 Å². The molecule has 2 N–H and O–H groups in total. The molecule has 0 aromatic carbocycles. The second kappa shape index (κ2) is 5.95. The van der Waals surface area contributed by atoms with Gasteiger partial charge in [0.05, 0.1) is 0 Å². The van der Waals surface area contributed by atoms with Crippen molar-refractivity contribution in [3.63, 3.8) is 0 Å². The van der Waals surface area contributed by atoms with Gasteiger partial charge in [-0.1, -0.05) is 0 Å². The van der Waals surface area contributed by atoms with Crippen molar-refractivity contribution >= 4 is 12.2 Å². The van der Waals surface area contributed by atoms with Gasteiger partial charge in [0.2, 0.25) is 0 Å². The van der Waals surface area contributed by atoms with Crippen LogP contribution in [0.1, 0.15) is 20.3 Å². The minimum absolute atomic E-state index is 0. The van der Waals surface area contributed by atoms with E-state index < -0.39 is 17.8 Å². The molecule has 5 nitrogen and oxygen atoms in total. The van der Waals surface area contributed by atoms with Crippen LogP contribution in [0, 0.1) is 6.92 Å². The number of hydrogen-bond donors (Lipinski definition) is 2. The number of ether oxygens (including phenoxy) is 1. The maximum absolute atomic E-state index is 10.7. The van der Waals surface area contributed by atoms with Gasteiger partial charge in [-0.2, -0.15) is 6.42 Å². The van der Waals surface area contributed by atoms with Crippen molar-refractivity contribution in [3.05, 3.63) is 6.92 Å². The molecule has 0 unspecified atom stereocenters. The zero-order chi connectivity index (χ0) is 9.78. The summed E-state index contributed by atoms with van der Waals surface area (Å²) in [6.07, 6.45) is -2.15. The molecular weight excluding hydrogens is 268 g/mol. The Morgan fingerprint density at radius 1 is 1.54 bits per heavy atom. The van der Waals surface area contributed by atoms with E-state index in [1.165, 1.54) is 0 Å². The molecule has 13 heavy (non-hydrogen) atoms. The van der Waals surface area contributed by atoms with Crippen LogP contribution in [0.5, 0.6) is 0 Å². The van der Waals surface area contributed by atoms with Crippen LogP contribution in [0.15, 0.2) is 0 Å². The summed E-state index contributed by atoms with van der Waals surface area (Å²) in [5.41, 5.74) is -0.549. The van der Waals surface area contributed by atoms with Gasteiger partial charge in [0.1, 0.15) is 0 Å². The van der Waals surface area contributed by atoms with Crippen LogP contribution in [-0.2, 0) is 25.2 Å². The molecule has 0 aromatic heterocycles. The fourth-order valence-corrected chi connectivity index (χ4v) is 0.444. The van der Waals surface area contributed by atoms with E-state index >= 15 is 0 Å². The third-order valence-corrected chi connectivity index (χ3v) is 1.25. The third-order valence-electron chi connectivity index (χ3n) is 1.25. The zero-order valence-electron chi connectivity index (χ0n) is 7.40. The van der Waals surface area contributed by atoms with Gasteiger partial charge in [-0.3, -0.25) is 0 Å². The van der Waals surface area contributed by atoms with Gasteiger partial charge in [0.25, 0.3) is 0 Å². The van der Waals surface area contributed by atoms with Crippen LogP contribution in [0.3, 0.4) is 0 Å². The van der Waals surface area contributed by atoms with E-state index in [0.29, 0.717) is 6.42 Å². The molecule has 80 valence electrons. The summed E-state index contributed by atoms with van der Waals surface area (Å²) in [4.78, 5) is 20.6. The molecule has 0 aromatic rings. The number of nitrogens with one attached hydrogen (secondary N) is 1. The molecule has 0 bridgehead atoms. The first kappa shape index (κ1) is 14.9. The molecule has 6 heteroatoms. The van der Waals surface area contributed by atoms with E-state index in [4.69, 9.17) is 5.11 Å². The van der Waals surface area contributed by atoms with Crippen molar-refractivity contribution in [2.24, 2.45) is 0 Å². The number of alkyl carbamates (subject to hydrolysis) is 1. The van der Waals surface area contributed by atoms with Gasteiger partial charge >= 0.3 is 12.2 Å². The Balaban J connectivity index is 0. The van der Waals surface area contributed by atoms with Gasteiger partial charge in [0, 0.05) is 26.0 Å². The largest absolute Gasteiger partial charge is 0.514 e. The quantitative estimate of drug-likeness (QED) is 0.347. The van der Waals surface area contributed by atoms with Crippen molar-refractivity contribution < 1.29 is 39.9 Å². The number of carboxylic acid groups (broad SMARTS) is 1. The first-order valence-corrected chi connectivity index (χ1v) is 3.39. The molecule has 0 fully saturated rings. The van der Waals surface area contributed by atoms with Crippen LogP contribution in [-0.4, -0.2) is 22.9 Å². The Kier molecular flexibility index (Phi) is 6.82. The average Bonchev–Trinajstić information content (AvgIpc) is 1.84. The Bertz CT molecular complexity index is 193. The molecular formula is C7H12NO4Pd-. The van der Waals surface area contributed by atoms with Crippen molar-refractivity contribution in [2.45, 2.75) is 25.8 Å². The van der Waals surface area contributed by atoms with Crippen LogP contribution in [0.2, 0.25) is 0 Å². The summed E-state index contributed by atoms with van der Waals surface area (Å²) in [7, 11) is 0. The van der Waals surface area contributed by atoms with Crippen LogP contribution in [0.4, 0.5) is 9.59 Å². The van der Waals surface area contributed by atoms with E-state index in [2.05, 4.69) is 17.0 Å². The number of carbonyl (C=O) groups is 2. The Morgan fingerprint density at radius 2 is 2.00 bits per heavy atom. The number of hydrogen-bond acceptors (Lipinski definition) is 3. The number of rotatable bonds is 2. The molecule has 0 rings (SSSR count). The van der Waals surface area contributed by atoms with E-state index in [1.54, 1.807) is 13.8 Å². The van der Waals surface area contributed by atoms with E-state index in [9.17, 15) is 9.59 Å². The van der Waals surface area contributed by atoms with Crippen molar-refractivity contribution in [2.75, 3.05) is 0 Å². The summed E-state index contributed by atoms with van der Waals surface area (Å²) < 4.78 is 3.83. The molecule has 0 aliphatic carbocycles. The first-order valence-electron chi connectivity index (χ1n) is 3.39. The second-order valence-electron chi connectivity index (χ2n) is 2.91. The van der Waals surface area contributed by atoms with Gasteiger partial charge in [0.15, 0.2) is 0 Å².